The summed E-state index contributed by atoms with van der Waals surface area (Å²) in [6, 6.07) is 9.16. The summed E-state index contributed by atoms with van der Waals surface area (Å²) >= 11 is 0. The number of piperidine rings is 1. The average Bonchev–Trinajstić information content (AvgIpc) is 2.41. The van der Waals surface area contributed by atoms with Gasteiger partial charge in [0.15, 0.2) is 0 Å². The zero-order chi connectivity index (χ0) is 13.7. The first-order valence-corrected chi connectivity index (χ1v) is 7.33. The molecule has 19 heavy (non-hydrogen) atoms. The van der Waals surface area contributed by atoms with Crippen LogP contribution in [0.1, 0.15) is 31.4 Å². The molecule has 1 aliphatic heterocycles. The van der Waals surface area contributed by atoms with Gasteiger partial charge in [-0.2, -0.15) is 0 Å². The van der Waals surface area contributed by atoms with Crippen molar-refractivity contribution >= 4 is 0 Å². The fourth-order valence-electron chi connectivity index (χ4n) is 3.19. The van der Waals surface area contributed by atoms with Gasteiger partial charge in [0, 0.05) is 6.04 Å². The molecule has 2 unspecified atom stereocenters. The van der Waals surface area contributed by atoms with Crippen molar-refractivity contribution in [3.8, 4) is 5.75 Å². The van der Waals surface area contributed by atoms with E-state index in [-0.39, 0.29) is 0 Å². The molecule has 1 fully saturated rings. The molecule has 0 radical (unpaired) electrons. The van der Waals surface area contributed by atoms with Crippen LogP contribution in [0, 0.1) is 5.92 Å². The first-order valence-electron chi connectivity index (χ1n) is 7.33. The van der Waals surface area contributed by atoms with Crippen LogP contribution in [-0.4, -0.2) is 38.7 Å². The summed E-state index contributed by atoms with van der Waals surface area (Å²) in [6.45, 7) is 5.02. The van der Waals surface area contributed by atoms with Gasteiger partial charge < -0.3 is 10.1 Å². The number of hydrogen-bond donors (Lipinski definition) is 1. The van der Waals surface area contributed by atoms with Crippen LogP contribution in [-0.2, 0) is 0 Å². The lowest BCUT2D eigenvalue weighted by molar-refractivity contribution is 0.121. The zero-order valence-corrected chi connectivity index (χ0v) is 12.4. The molecule has 3 heteroatoms. The minimum absolute atomic E-state index is 0.525. The van der Waals surface area contributed by atoms with E-state index in [4.69, 9.17) is 4.74 Å². The summed E-state index contributed by atoms with van der Waals surface area (Å²) in [6.07, 6.45) is 2.61. The second-order valence-corrected chi connectivity index (χ2v) is 5.39. The van der Waals surface area contributed by atoms with Crippen LogP contribution in [0.15, 0.2) is 24.3 Å². The third kappa shape index (κ3) is 3.48. The quantitative estimate of drug-likeness (QED) is 0.883. The second kappa shape index (κ2) is 6.92. The normalized spacial score (nSPS) is 24.4. The second-order valence-electron chi connectivity index (χ2n) is 5.39. The number of benzene rings is 1. The highest BCUT2D eigenvalue weighted by Gasteiger charge is 2.29. The van der Waals surface area contributed by atoms with Gasteiger partial charge in [0.05, 0.1) is 6.61 Å². The average molecular weight is 262 g/mol. The molecular formula is C16H26N2O. The summed E-state index contributed by atoms with van der Waals surface area (Å²) < 4.78 is 5.52. The predicted molar refractivity (Wildman–Crippen MR) is 79.6 cm³/mol. The minimum Gasteiger partial charge on any atom is -0.494 e. The summed E-state index contributed by atoms with van der Waals surface area (Å²) in [4.78, 5) is 2.49. The highest BCUT2D eigenvalue weighted by atomic mass is 16.5. The molecule has 0 bridgehead atoms. The van der Waals surface area contributed by atoms with Crippen LogP contribution in [0.5, 0.6) is 5.75 Å². The van der Waals surface area contributed by atoms with Crippen molar-refractivity contribution in [1.29, 1.82) is 0 Å². The Morgan fingerprint density at radius 1 is 1.32 bits per heavy atom. The first kappa shape index (κ1) is 14.4. The molecule has 1 heterocycles. The molecule has 1 aromatic rings. The lowest BCUT2D eigenvalue weighted by atomic mass is 9.85. The van der Waals surface area contributed by atoms with Gasteiger partial charge in [-0.05, 0) is 70.6 Å². The lowest BCUT2D eigenvalue weighted by Gasteiger charge is -2.39. The Morgan fingerprint density at radius 2 is 2.05 bits per heavy atom. The standard InChI is InChI=1S/C16H26N2O/c1-4-19-15-9-7-13(8-10-15)16-14(12-17-2)6-5-11-18(16)3/h7-10,14,16-17H,4-6,11-12H2,1-3H3. The molecule has 0 spiro atoms. The van der Waals surface area contributed by atoms with Crippen LogP contribution in [0.4, 0.5) is 0 Å². The van der Waals surface area contributed by atoms with E-state index in [1.165, 1.54) is 24.9 Å². The van der Waals surface area contributed by atoms with Crippen LogP contribution >= 0.6 is 0 Å². The van der Waals surface area contributed by atoms with Crippen molar-refractivity contribution in [2.24, 2.45) is 5.92 Å². The summed E-state index contributed by atoms with van der Waals surface area (Å²) in [5.41, 5.74) is 1.41. The van der Waals surface area contributed by atoms with Crippen molar-refractivity contribution < 1.29 is 4.74 Å². The SMILES string of the molecule is CCOc1ccc(C2C(CNC)CCCN2C)cc1. The first-order chi connectivity index (χ1) is 9.26. The lowest BCUT2D eigenvalue weighted by Crippen LogP contribution is -2.39. The van der Waals surface area contributed by atoms with Gasteiger partial charge >= 0.3 is 0 Å². The maximum Gasteiger partial charge on any atom is 0.119 e. The number of rotatable bonds is 5. The Kier molecular flexibility index (Phi) is 5.23. The maximum absolute atomic E-state index is 5.52. The van der Waals surface area contributed by atoms with Gasteiger partial charge in [-0.3, -0.25) is 4.90 Å². The van der Waals surface area contributed by atoms with Gasteiger partial charge in [0.2, 0.25) is 0 Å². The topological polar surface area (TPSA) is 24.5 Å². The largest absolute Gasteiger partial charge is 0.494 e. The molecular weight excluding hydrogens is 236 g/mol. The monoisotopic (exact) mass is 262 g/mol. The minimum atomic E-state index is 0.525. The van der Waals surface area contributed by atoms with Gasteiger partial charge in [-0.1, -0.05) is 12.1 Å². The van der Waals surface area contributed by atoms with E-state index < -0.39 is 0 Å². The third-order valence-corrected chi connectivity index (χ3v) is 4.01. The number of likely N-dealkylation sites (tertiary alicyclic amines) is 1. The van der Waals surface area contributed by atoms with E-state index in [9.17, 15) is 0 Å². The van der Waals surface area contributed by atoms with E-state index >= 15 is 0 Å². The molecule has 2 rings (SSSR count). The zero-order valence-electron chi connectivity index (χ0n) is 12.4. The van der Waals surface area contributed by atoms with Crippen molar-refractivity contribution in [3.63, 3.8) is 0 Å². The van der Waals surface area contributed by atoms with Gasteiger partial charge in [-0.25, -0.2) is 0 Å². The Bertz CT molecular complexity index is 375. The summed E-state index contributed by atoms with van der Waals surface area (Å²) in [5.74, 6) is 1.66. The Hall–Kier alpha value is -1.06. The molecule has 0 aromatic heterocycles. The Balaban J connectivity index is 2.15. The van der Waals surface area contributed by atoms with Crippen molar-refractivity contribution in [1.82, 2.24) is 10.2 Å². The fourth-order valence-corrected chi connectivity index (χ4v) is 3.19. The molecule has 2 atom stereocenters. The Morgan fingerprint density at radius 3 is 2.68 bits per heavy atom. The van der Waals surface area contributed by atoms with E-state index in [0.29, 0.717) is 12.0 Å². The van der Waals surface area contributed by atoms with E-state index in [1.54, 1.807) is 0 Å². The number of nitrogens with zero attached hydrogens (tertiary/aromatic N) is 1. The molecule has 0 aliphatic carbocycles. The third-order valence-electron chi connectivity index (χ3n) is 4.01. The molecule has 1 aromatic carbocycles. The number of nitrogens with one attached hydrogen (secondary N) is 1. The van der Waals surface area contributed by atoms with Gasteiger partial charge in [0.1, 0.15) is 5.75 Å². The van der Waals surface area contributed by atoms with Gasteiger partial charge in [0.25, 0.3) is 0 Å². The number of ether oxygens (including phenoxy) is 1. The highest BCUT2D eigenvalue weighted by molar-refractivity contribution is 5.30. The van der Waals surface area contributed by atoms with E-state index in [2.05, 4.69) is 41.5 Å². The van der Waals surface area contributed by atoms with E-state index in [0.717, 1.165) is 18.9 Å². The van der Waals surface area contributed by atoms with Crippen molar-refractivity contribution in [2.75, 3.05) is 33.8 Å². The van der Waals surface area contributed by atoms with Gasteiger partial charge in [-0.15, -0.1) is 0 Å². The van der Waals surface area contributed by atoms with Crippen LogP contribution in [0.2, 0.25) is 0 Å². The molecule has 106 valence electrons. The molecule has 1 aliphatic rings. The molecule has 1 N–H and O–H groups in total. The number of hydrogen-bond acceptors (Lipinski definition) is 3. The van der Waals surface area contributed by atoms with E-state index in [1.807, 2.05) is 14.0 Å². The van der Waals surface area contributed by atoms with Crippen LogP contribution in [0.3, 0.4) is 0 Å². The molecule has 1 saturated heterocycles. The van der Waals surface area contributed by atoms with Crippen LogP contribution in [0.25, 0.3) is 0 Å². The molecule has 3 nitrogen and oxygen atoms in total. The smallest absolute Gasteiger partial charge is 0.119 e. The highest BCUT2D eigenvalue weighted by Crippen LogP contribution is 2.35. The van der Waals surface area contributed by atoms with Crippen LogP contribution < -0.4 is 10.1 Å². The molecule has 0 amide bonds. The summed E-state index contributed by atoms with van der Waals surface area (Å²) in [7, 11) is 4.28. The summed E-state index contributed by atoms with van der Waals surface area (Å²) in [5, 5.41) is 3.34. The molecule has 0 saturated carbocycles. The maximum atomic E-state index is 5.52. The predicted octanol–water partition coefficient (Wildman–Crippen LogP) is 2.69. The van der Waals surface area contributed by atoms with Crippen molar-refractivity contribution in [2.45, 2.75) is 25.8 Å². The fraction of sp³-hybridized carbons (Fsp3) is 0.625. The Labute approximate surface area is 116 Å². The van der Waals surface area contributed by atoms with Crippen molar-refractivity contribution in [3.05, 3.63) is 29.8 Å².